The Morgan fingerprint density at radius 2 is 1.95 bits per heavy atom. The van der Waals surface area contributed by atoms with Crippen LogP contribution in [0.5, 0.6) is 0 Å². The van der Waals surface area contributed by atoms with Crippen molar-refractivity contribution in [3.05, 3.63) is 71.9 Å². The summed E-state index contributed by atoms with van der Waals surface area (Å²) in [5, 5.41) is 4.21. The first-order valence-corrected chi connectivity index (χ1v) is 5.95. The van der Waals surface area contributed by atoms with Crippen LogP contribution in [0.3, 0.4) is 0 Å². The van der Waals surface area contributed by atoms with E-state index in [9.17, 15) is 4.79 Å². The van der Waals surface area contributed by atoms with E-state index in [1.807, 2.05) is 30.3 Å². The van der Waals surface area contributed by atoms with Gasteiger partial charge in [-0.2, -0.15) is 5.10 Å². The van der Waals surface area contributed by atoms with Crippen LogP contribution in [-0.2, 0) is 0 Å². The second-order valence-corrected chi connectivity index (χ2v) is 4.18. The molecular weight excluding hydrogens is 240 g/mol. The van der Waals surface area contributed by atoms with Gasteiger partial charge in [0.2, 0.25) is 5.78 Å². The average molecular weight is 252 g/mol. The zero-order valence-corrected chi connectivity index (χ0v) is 10.4. The summed E-state index contributed by atoms with van der Waals surface area (Å²) in [6.07, 6.45) is 3.14. The number of carbonyl (C=O) groups is 1. The van der Waals surface area contributed by atoms with E-state index in [4.69, 9.17) is 4.42 Å². The molecule has 0 saturated heterocycles. The molecule has 1 aromatic carbocycles. The fraction of sp³-hybridized carbons (Fsp3) is 0.0667. The summed E-state index contributed by atoms with van der Waals surface area (Å²) >= 11 is 0. The van der Waals surface area contributed by atoms with Crippen molar-refractivity contribution in [3.8, 4) is 5.69 Å². The summed E-state index contributed by atoms with van der Waals surface area (Å²) in [5.74, 6) is 0.526. The second kappa shape index (κ2) is 4.57. The molecule has 0 aliphatic rings. The number of benzene rings is 1. The van der Waals surface area contributed by atoms with Gasteiger partial charge in [0.15, 0.2) is 0 Å². The minimum Gasteiger partial charge on any atom is -0.469 e. The summed E-state index contributed by atoms with van der Waals surface area (Å²) in [5.41, 5.74) is 1.95. The van der Waals surface area contributed by atoms with Crippen LogP contribution < -0.4 is 0 Å². The van der Waals surface area contributed by atoms with Crippen molar-refractivity contribution in [1.82, 2.24) is 9.78 Å². The molecule has 4 nitrogen and oxygen atoms in total. The first-order chi connectivity index (χ1) is 9.27. The fourth-order valence-electron chi connectivity index (χ4n) is 2.01. The molecule has 0 bridgehead atoms. The van der Waals surface area contributed by atoms with Gasteiger partial charge in [0, 0.05) is 0 Å². The third kappa shape index (κ3) is 1.97. The topological polar surface area (TPSA) is 48.0 Å². The standard InChI is InChI=1S/C15H12N2O2/c1-11-13(8-10-19-11)15(18)14-7-9-16-17(14)12-5-3-2-4-6-12/h2-10H,1H3. The van der Waals surface area contributed by atoms with E-state index in [2.05, 4.69) is 5.10 Å². The van der Waals surface area contributed by atoms with Crippen molar-refractivity contribution in [3.63, 3.8) is 0 Å². The quantitative estimate of drug-likeness (QED) is 0.673. The van der Waals surface area contributed by atoms with Crippen LogP contribution in [-0.4, -0.2) is 15.6 Å². The molecule has 0 unspecified atom stereocenters. The highest BCUT2D eigenvalue weighted by Gasteiger charge is 2.18. The molecule has 0 saturated carbocycles. The van der Waals surface area contributed by atoms with Crippen LogP contribution in [0.25, 0.3) is 5.69 Å². The number of aromatic nitrogens is 2. The van der Waals surface area contributed by atoms with Gasteiger partial charge in [-0.1, -0.05) is 18.2 Å². The van der Waals surface area contributed by atoms with Gasteiger partial charge in [0.05, 0.1) is 23.7 Å². The maximum absolute atomic E-state index is 12.5. The molecule has 4 heteroatoms. The Hall–Kier alpha value is -2.62. The summed E-state index contributed by atoms with van der Waals surface area (Å²) < 4.78 is 6.81. The average Bonchev–Trinajstić information content (AvgIpc) is 3.07. The second-order valence-electron chi connectivity index (χ2n) is 4.18. The van der Waals surface area contributed by atoms with Crippen LogP contribution in [0.4, 0.5) is 0 Å². The molecule has 0 fully saturated rings. The lowest BCUT2D eigenvalue weighted by molar-refractivity contribution is 0.103. The molecule has 19 heavy (non-hydrogen) atoms. The number of ketones is 1. The maximum Gasteiger partial charge on any atom is 0.214 e. The molecule has 0 atom stereocenters. The van der Waals surface area contributed by atoms with E-state index >= 15 is 0 Å². The van der Waals surface area contributed by atoms with Gasteiger partial charge >= 0.3 is 0 Å². The maximum atomic E-state index is 12.5. The molecule has 2 aromatic heterocycles. The van der Waals surface area contributed by atoms with E-state index in [1.54, 1.807) is 29.9 Å². The molecule has 2 heterocycles. The molecule has 3 aromatic rings. The Balaban J connectivity index is 2.06. The lowest BCUT2D eigenvalue weighted by Crippen LogP contribution is -2.10. The molecule has 94 valence electrons. The zero-order chi connectivity index (χ0) is 13.2. The Morgan fingerprint density at radius 3 is 2.63 bits per heavy atom. The summed E-state index contributed by atoms with van der Waals surface area (Å²) in [7, 11) is 0. The Morgan fingerprint density at radius 1 is 1.16 bits per heavy atom. The highest BCUT2D eigenvalue weighted by atomic mass is 16.3. The monoisotopic (exact) mass is 252 g/mol. The van der Waals surface area contributed by atoms with Crippen LogP contribution in [0.2, 0.25) is 0 Å². The summed E-state index contributed by atoms with van der Waals surface area (Å²) in [6, 6.07) is 13.0. The summed E-state index contributed by atoms with van der Waals surface area (Å²) in [6.45, 7) is 1.77. The van der Waals surface area contributed by atoms with Gasteiger partial charge in [-0.15, -0.1) is 0 Å². The van der Waals surface area contributed by atoms with E-state index in [-0.39, 0.29) is 5.78 Å². The van der Waals surface area contributed by atoms with E-state index in [0.717, 1.165) is 5.69 Å². The first kappa shape index (κ1) is 11.5. The van der Waals surface area contributed by atoms with Crippen LogP contribution >= 0.6 is 0 Å². The molecule has 0 radical (unpaired) electrons. The number of nitrogens with zero attached hydrogens (tertiary/aromatic N) is 2. The largest absolute Gasteiger partial charge is 0.469 e. The van der Waals surface area contributed by atoms with Crippen molar-refractivity contribution in [2.24, 2.45) is 0 Å². The van der Waals surface area contributed by atoms with Crippen molar-refractivity contribution < 1.29 is 9.21 Å². The Kier molecular flexibility index (Phi) is 2.76. The lowest BCUT2D eigenvalue weighted by Gasteiger charge is -2.05. The van der Waals surface area contributed by atoms with Crippen LogP contribution in [0.1, 0.15) is 21.8 Å². The first-order valence-electron chi connectivity index (χ1n) is 5.95. The smallest absolute Gasteiger partial charge is 0.214 e. The summed E-state index contributed by atoms with van der Waals surface area (Å²) in [4.78, 5) is 12.5. The molecule has 0 aliphatic carbocycles. The van der Waals surface area contributed by atoms with Crippen molar-refractivity contribution >= 4 is 5.78 Å². The van der Waals surface area contributed by atoms with Crippen molar-refractivity contribution in [2.75, 3.05) is 0 Å². The number of rotatable bonds is 3. The number of para-hydroxylation sites is 1. The van der Waals surface area contributed by atoms with Gasteiger partial charge in [-0.25, -0.2) is 4.68 Å². The van der Waals surface area contributed by atoms with E-state index in [1.165, 1.54) is 6.26 Å². The zero-order valence-electron chi connectivity index (χ0n) is 10.4. The Bertz CT molecular complexity index is 711. The van der Waals surface area contributed by atoms with Gasteiger partial charge in [-0.05, 0) is 31.2 Å². The van der Waals surface area contributed by atoms with Crippen LogP contribution in [0, 0.1) is 6.92 Å². The number of hydrogen-bond donors (Lipinski definition) is 0. The third-order valence-electron chi connectivity index (χ3n) is 2.98. The van der Waals surface area contributed by atoms with Crippen molar-refractivity contribution in [2.45, 2.75) is 6.92 Å². The lowest BCUT2D eigenvalue weighted by atomic mass is 10.1. The van der Waals surface area contributed by atoms with Gasteiger partial charge in [-0.3, -0.25) is 4.79 Å². The van der Waals surface area contributed by atoms with Crippen LogP contribution in [0.15, 0.2) is 59.3 Å². The predicted molar refractivity (Wildman–Crippen MR) is 70.4 cm³/mol. The van der Waals surface area contributed by atoms with Gasteiger partial charge in [0.25, 0.3) is 0 Å². The number of furan rings is 1. The SMILES string of the molecule is Cc1occc1C(=O)c1ccnn1-c1ccccc1. The molecule has 3 rings (SSSR count). The molecule has 0 spiro atoms. The highest BCUT2D eigenvalue weighted by Crippen LogP contribution is 2.17. The van der Waals surface area contributed by atoms with E-state index in [0.29, 0.717) is 17.0 Å². The van der Waals surface area contributed by atoms with Gasteiger partial charge < -0.3 is 4.42 Å². The third-order valence-corrected chi connectivity index (χ3v) is 2.98. The normalized spacial score (nSPS) is 10.6. The fourth-order valence-corrected chi connectivity index (χ4v) is 2.01. The van der Waals surface area contributed by atoms with Gasteiger partial charge in [0.1, 0.15) is 11.5 Å². The molecule has 0 N–H and O–H groups in total. The highest BCUT2D eigenvalue weighted by molar-refractivity contribution is 6.08. The van der Waals surface area contributed by atoms with Crippen molar-refractivity contribution in [1.29, 1.82) is 0 Å². The minimum atomic E-state index is -0.0902. The minimum absolute atomic E-state index is 0.0902. The number of aryl methyl sites for hydroxylation is 1. The number of hydrogen-bond acceptors (Lipinski definition) is 3. The molecular formula is C15H12N2O2. The number of carbonyl (C=O) groups excluding carboxylic acids is 1. The molecule has 0 aliphatic heterocycles. The Labute approximate surface area is 110 Å². The molecule has 0 amide bonds. The van der Waals surface area contributed by atoms with E-state index < -0.39 is 0 Å². The predicted octanol–water partition coefficient (Wildman–Crippen LogP) is 3.00.